The van der Waals surface area contributed by atoms with Crippen molar-refractivity contribution < 1.29 is 4.57 Å². The number of hydrogen-bond acceptors (Lipinski definition) is 0. The topological polar surface area (TPSA) is 3.88 Å². The molecule has 102 valence electrons. The molecular formula is C13H25Br3N+. The Bertz CT molecular complexity index is 229. The van der Waals surface area contributed by atoms with E-state index in [0.717, 1.165) is 0 Å². The standard InChI is InChI=1S/C13H22N.3BrH/c1-2-3-4-5-6-8-11-14-12-9-7-10-13-14;;;/h7,9-10,12-13H,2-6,8,11H2,1H3;3*1H/q+1;;;. The van der Waals surface area contributed by atoms with Crippen LogP contribution in [-0.2, 0) is 6.54 Å². The van der Waals surface area contributed by atoms with Crippen LogP contribution >= 0.6 is 50.9 Å². The molecule has 0 amide bonds. The fourth-order valence-corrected chi connectivity index (χ4v) is 1.66. The van der Waals surface area contributed by atoms with E-state index in [4.69, 9.17) is 0 Å². The van der Waals surface area contributed by atoms with Gasteiger partial charge in [0.15, 0.2) is 12.4 Å². The second kappa shape index (κ2) is 16.6. The van der Waals surface area contributed by atoms with Gasteiger partial charge in [0.1, 0.15) is 6.54 Å². The number of hydrogen-bond donors (Lipinski definition) is 0. The van der Waals surface area contributed by atoms with E-state index in [1.165, 1.54) is 45.1 Å². The van der Waals surface area contributed by atoms with E-state index in [0.29, 0.717) is 0 Å². The van der Waals surface area contributed by atoms with Crippen molar-refractivity contribution in [2.24, 2.45) is 0 Å². The molecule has 0 atom stereocenters. The van der Waals surface area contributed by atoms with Gasteiger partial charge in [-0.05, 0) is 6.42 Å². The maximum atomic E-state index is 2.26. The number of aromatic nitrogens is 1. The summed E-state index contributed by atoms with van der Waals surface area (Å²) in [4.78, 5) is 0. The zero-order chi connectivity index (χ0) is 10.1. The first kappa shape index (κ1) is 22.7. The molecule has 17 heavy (non-hydrogen) atoms. The number of pyridine rings is 1. The zero-order valence-electron chi connectivity index (χ0n) is 10.5. The van der Waals surface area contributed by atoms with Crippen molar-refractivity contribution in [3.8, 4) is 0 Å². The first-order chi connectivity index (χ1) is 6.93. The number of halogens is 3. The molecule has 0 bridgehead atoms. The Kier molecular flexibility index (Phi) is 22.2. The van der Waals surface area contributed by atoms with Crippen LogP contribution in [0.2, 0.25) is 0 Å². The van der Waals surface area contributed by atoms with Crippen molar-refractivity contribution in [1.82, 2.24) is 0 Å². The Morgan fingerprint density at radius 1 is 0.706 bits per heavy atom. The Hall–Kier alpha value is 0.590. The SMILES string of the molecule is Br.Br.Br.CCCCCCCC[n+]1ccccc1. The maximum Gasteiger partial charge on any atom is 0.168 e. The molecule has 0 spiro atoms. The van der Waals surface area contributed by atoms with Gasteiger partial charge in [-0.25, -0.2) is 4.57 Å². The Morgan fingerprint density at radius 3 is 1.82 bits per heavy atom. The van der Waals surface area contributed by atoms with Crippen LogP contribution < -0.4 is 4.57 Å². The van der Waals surface area contributed by atoms with Gasteiger partial charge < -0.3 is 0 Å². The van der Waals surface area contributed by atoms with Gasteiger partial charge >= 0.3 is 0 Å². The van der Waals surface area contributed by atoms with Crippen LogP contribution in [0.5, 0.6) is 0 Å². The highest BCUT2D eigenvalue weighted by Crippen LogP contribution is 2.04. The molecule has 1 aromatic heterocycles. The molecule has 0 aliphatic rings. The number of nitrogens with zero attached hydrogens (tertiary/aromatic N) is 1. The van der Waals surface area contributed by atoms with Crippen molar-refractivity contribution in [2.75, 3.05) is 0 Å². The van der Waals surface area contributed by atoms with E-state index < -0.39 is 0 Å². The number of rotatable bonds is 7. The van der Waals surface area contributed by atoms with E-state index in [1.807, 2.05) is 0 Å². The highest BCUT2D eigenvalue weighted by molar-refractivity contribution is 8.93. The Morgan fingerprint density at radius 2 is 1.24 bits per heavy atom. The van der Waals surface area contributed by atoms with Gasteiger partial charge in [-0.15, -0.1) is 50.9 Å². The van der Waals surface area contributed by atoms with Crippen LogP contribution in [0.15, 0.2) is 30.6 Å². The first-order valence-corrected chi connectivity index (χ1v) is 5.87. The molecule has 1 heterocycles. The normalized spacial score (nSPS) is 8.53. The predicted molar refractivity (Wildman–Crippen MR) is 91.0 cm³/mol. The molecule has 0 aliphatic heterocycles. The molecule has 0 saturated heterocycles. The van der Waals surface area contributed by atoms with Crippen LogP contribution in [0.1, 0.15) is 45.4 Å². The summed E-state index contributed by atoms with van der Waals surface area (Å²) in [6, 6.07) is 6.26. The number of unbranched alkanes of at least 4 members (excludes halogenated alkanes) is 5. The van der Waals surface area contributed by atoms with Gasteiger partial charge in [-0.3, -0.25) is 0 Å². The summed E-state index contributed by atoms with van der Waals surface area (Å²) in [5, 5.41) is 0. The summed E-state index contributed by atoms with van der Waals surface area (Å²) in [6.07, 6.45) is 12.5. The maximum absolute atomic E-state index is 2.26. The molecule has 1 nitrogen and oxygen atoms in total. The fourth-order valence-electron chi connectivity index (χ4n) is 1.66. The second-order valence-electron chi connectivity index (χ2n) is 3.88. The van der Waals surface area contributed by atoms with Crippen LogP contribution in [0, 0.1) is 0 Å². The minimum absolute atomic E-state index is 0. The molecule has 0 aliphatic carbocycles. The van der Waals surface area contributed by atoms with Gasteiger partial charge in [0.05, 0.1) is 0 Å². The van der Waals surface area contributed by atoms with Crippen molar-refractivity contribution in [3.63, 3.8) is 0 Å². The highest BCUT2D eigenvalue weighted by Gasteiger charge is 1.96. The zero-order valence-corrected chi connectivity index (χ0v) is 15.6. The summed E-state index contributed by atoms with van der Waals surface area (Å²) >= 11 is 0. The lowest BCUT2D eigenvalue weighted by atomic mass is 10.1. The van der Waals surface area contributed by atoms with Crippen molar-refractivity contribution in [3.05, 3.63) is 30.6 Å². The molecule has 1 rings (SSSR count). The lowest BCUT2D eigenvalue weighted by Crippen LogP contribution is -2.32. The summed E-state index contributed by atoms with van der Waals surface area (Å²) in [5.41, 5.74) is 0. The van der Waals surface area contributed by atoms with Crippen LogP contribution in [0.25, 0.3) is 0 Å². The Balaban J connectivity index is -0.000000653. The van der Waals surface area contributed by atoms with Gasteiger partial charge in [-0.1, -0.05) is 38.7 Å². The van der Waals surface area contributed by atoms with Crippen LogP contribution in [-0.4, -0.2) is 0 Å². The minimum Gasteiger partial charge on any atom is -0.205 e. The average Bonchev–Trinajstić information content (AvgIpc) is 2.25. The summed E-state index contributed by atoms with van der Waals surface area (Å²) < 4.78 is 2.26. The van der Waals surface area contributed by atoms with Crippen molar-refractivity contribution in [2.45, 2.75) is 52.0 Å². The molecule has 0 N–H and O–H groups in total. The minimum atomic E-state index is 0. The van der Waals surface area contributed by atoms with Crippen LogP contribution in [0.4, 0.5) is 0 Å². The van der Waals surface area contributed by atoms with E-state index >= 15 is 0 Å². The first-order valence-electron chi connectivity index (χ1n) is 5.87. The smallest absolute Gasteiger partial charge is 0.168 e. The third kappa shape index (κ3) is 12.8. The molecule has 0 aromatic carbocycles. The lowest BCUT2D eigenvalue weighted by molar-refractivity contribution is -0.697. The van der Waals surface area contributed by atoms with E-state index in [-0.39, 0.29) is 50.9 Å². The third-order valence-electron chi connectivity index (χ3n) is 2.55. The second-order valence-corrected chi connectivity index (χ2v) is 3.88. The Labute approximate surface area is 137 Å². The molecular weight excluding hydrogens is 410 g/mol. The van der Waals surface area contributed by atoms with Gasteiger partial charge in [0.25, 0.3) is 0 Å². The van der Waals surface area contributed by atoms with Gasteiger partial charge in [0.2, 0.25) is 0 Å². The molecule has 0 unspecified atom stereocenters. The lowest BCUT2D eigenvalue weighted by Gasteiger charge is -1.98. The third-order valence-corrected chi connectivity index (χ3v) is 2.55. The summed E-state index contributed by atoms with van der Waals surface area (Å²) in [5.74, 6) is 0. The largest absolute Gasteiger partial charge is 0.205 e. The van der Waals surface area contributed by atoms with Gasteiger partial charge in [0, 0.05) is 18.6 Å². The average molecular weight is 435 g/mol. The van der Waals surface area contributed by atoms with Crippen molar-refractivity contribution >= 4 is 50.9 Å². The number of aryl methyl sites for hydroxylation is 1. The predicted octanol–water partition coefficient (Wildman–Crippen LogP) is 5.07. The summed E-state index contributed by atoms with van der Waals surface area (Å²) in [6.45, 7) is 3.44. The van der Waals surface area contributed by atoms with E-state index in [2.05, 4.69) is 42.1 Å². The fraction of sp³-hybridized carbons (Fsp3) is 0.615. The van der Waals surface area contributed by atoms with E-state index in [1.54, 1.807) is 0 Å². The quantitative estimate of drug-likeness (QED) is 0.416. The van der Waals surface area contributed by atoms with Crippen molar-refractivity contribution in [1.29, 1.82) is 0 Å². The molecule has 0 radical (unpaired) electrons. The molecule has 0 saturated carbocycles. The monoisotopic (exact) mass is 432 g/mol. The molecule has 4 heteroatoms. The molecule has 0 fully saturated rings. The van der Waals surface area contributed by atoms with Gasteiger partial charge in [-0.2, -0.15) is 0 Å². The summed E-state index contributed by atoms with van der Waals surface area (Å²) in [7, 11) is 0. The molecule has 1 aromatic rings. The van der Waals surface area contributed by atoms with E-state index in [9.17, 15) is 0 Å². The highest BCUT2D eigenvalue weighted by atomic mass is 79.9. The van der Waals surface area contributed by atoms with Crippen LogP contribution in [0.3, 0.4) is 0 Å².